The topological polar surface area (TPSA) is 59.5 Å². The van der Waals surface area contributed by atoms with E-state index in [2.05, 4.69) is 20.9 Å². The minimum atomic E-state index is -0.855. The molecule has 0 aliphatic rings. The fourth-order valence-corrected chi connectivity index (χ4v) is 3.15. The molecule has 0 saturated carbocycles. The Labute approximate surface area is 121 Å². The van der Waals surface area contributed by atoms with Crippen molar-refractivity contribution >= 4 is 38.7 Å². The Morgan fingerprint density at radius 2 is 2.25 bits per heavy atom. The van der Waals surface area contributed by atoms with Gasteiger partial charge in [0.1, 0.15) is 10.4 Å². The highest BCUT2D eigenvalue weighted by Crippen LogP contribution is 2.28. The minimum Gasteiger partial charge on any atom is -0.481 e. The number of aromatic nitrogens is 3. The Morgan fingerprint density at radius 1 is 1.50 bits per heavy atom. The van der Waals surface area contributed by atoms with Crippen LogP contribution in [0, 0.1) is 5.82 Å². The molecule has 0 unspecified atom stereocenters. The third-order valence-corrected chi connectivity index (χ3v) is 4.13. The SMILES string of the molecule is Cn1c(CCC(=O)O)c(Br)n2c3cc(F)ccc3nc12. The van der Waals surface area contributed by atoms with E-state index in [0.717, 1.165) is 5.69 Å². The number of hydrogen-bond donors (Lipinski definition) is 1. The molecular weight excluding hydrogens is 329 g/mol. The molecule has 0 radical (unpaired) electrons. The lowest BCUT2D eigenvalue weighted by molar-refractivity contribution is -0.136. The highest BCUT2D eigenvalue weighted by molar-refractivity contribution is 9.10. The molecule has 3 aromatic rings. The number of benzene rings is 1. The maximum atomic E-state index is 13.4. The predicted molar refractivity (Wildman–Crippen MR) is 75.3 cm³/mol. The lowest BCUT2D eigenvalue weighted by atomic mass is 10.2. The highest BCUT2D eigenvalue weighted by atomic mass is 79.9. The van der Waals surface area contributed by atoms with Crippen LogP contribution in [0.3, 0.4) is 0 Å². The molecule has 1 aromatic carbocycles. The number of carbonyl (C=O) groups is 1. The maximum absolute atomic E-state index is 13.4. The number of hydrogen-bond acceptors (Lipinski definition) is 2. The third kappa shape index (κ3) is 1.89. The molecule has 1 N–H and O–H groups in total. The summed E-state index contributed by atoms with van der Waals surface area (Å²) >= 11 is 3.46. The maximum Gasteiger partial charge on any atom is 0.303 e. The summed E-state index contributed by atoms with van der Waals surface area (Å²) in [6.45, 7) is 0. The molecule has 0 aliphatic carbocycles. The minimum absolute atomic E-state index is 0.0336. The molecule has 104 valence electrons. The van der Waals surface area contributed by atoms with E-state index >= 15 is 0 Å². The average Bonchev–Trinajstić information content (AvgIpc) is 2.85. The van der Waals surface area contributed by atoms with Crippen molar-refractivity contribution in [3.05, 3.63) is 34.3 Å². The predicted octanol–water partition coefficient (Wildman–Crippen LogP) is 2.74. The molecule has 2 aromatic heterocycles. The summed E-state index contributed by atoms with van der Waals surface area (Å²) in [5, 5.41) is 8.79. The molecule has 2 heterocycles. The van der Waals surface area contributed by atoms with Gasteiger partial charge in [0.05, 0.1) is 23.1 Å². The Kier molecular flexibility index (Phi) is 3.01. The Hall–Kier alpha value is -1.89. The largest absolute Gasteiger partial charge is 0.481 e. The van der Waals surface area contributed by atoms with E-state index in [1.165, 1.54) is 12.1 Å². The van der Waals surface area contributed by atoms with E-state index in [1.807, 2.05) is 11.6 Å². The summed E-state index contributed by atoms with van der Waals surface area (Å²) in [4.78, 5) is 15.2. The van der Waals surface area contributed by atoms with Crippen molar-refractivity contribution in [3.63, 3.8) is 0 Å². The van der Waals surface area contributed by atoms with Crippen molar-refractivity contribution in [2.75, 3.05) is 0 Å². The number of nitrogens with zero attached hydrogens (tertiary/aromatic N) is 3. The number of fused-ring (bicyclic) bond motifs is 3. The van der Waals surface area contributed by atoms with Crippen LogP contribution in [-0.2, 0) is 18.3 Å². The van der Waals surface area contributed by atoms with Gasteiger partial charge < -0.3 is 9.67 Å². The standard InChI is InChI=1S/C13H11BrFN3O2/c1-17-9(4-5-11(19)20)12(14)18-10-6-7(15)2-3-8(10)16-13(17)18/h2-3,6H,4-5H2,1H3,(H,19,20). The first-order valence-corrected chi connectivity index (χ1v) is 6.81. The van der Waals surface area contributed by atoms with Crippen LogP contribution in [0.15, 0.2) is 22.8 Å². The van der Waals surface area contributed by atoms with Gasteiger partial charge in [-0.3, -0.25) is 9.20 Å². The number of rotatable bonds is 3. The van der Waals surface area contributed by atoms with Gasteiger partial charge in [0.25, 0.3) is 0 Å². The summed E-state index contributed by atoms with van der Waals surface area (Å²) in [6.07, 6.45) is 0.415. The molecule has 20 heavy (non-hydrogen) atoms. The van der Waals surface area contributed by atoms with Gasteiger partial charge in [-0.05, 0) is 28.1 Å². The molecule has 7 heteroatoms. The van der Waals surface area contributed by atoms with E-state index < -0.39 is 5.97 Å². The fourth-order valence-electron chi connectivity index (χ4n) is 2.34. The smallest absolute Gasteiger partial charge is 0.303 e. The number of aryl methyl sites for hydroxylation is 1. The van der Waals surface area contributed by atoms with E-state index in [0.29, 0.717) is 27.8 Å². The van der Waals surface area contributed by atoms with Crippen LogP contribution in [0.4, 0.5) is 4.39 Å². The van der Waals surface area contributed by atoms with Crippen molar-refractivity contribution < 1.29 is 14.3 Å². The molecule has 0 atom stereocenters. The second kappa shape index (κ2) is 4.59. The second-order valence-electron chi connectivity index (χ2n) is 4.57. The van der Waals surface area contributed by atoms with Crippen LogP contribution >= 0.6 is 15.9 Å². The van der Waals surface area contributed by atoms with Crippen molar-refractivity contribution in [2.45, 2.75) is 12.8 Å². The first kappa shape index (κ1) is 13.1. The van der Waals surface area contributed by atoms with E-state index in [1.54, 1.807) is 10.5 Å². The van der Waals surface area contributed by atoms with Crippen LogP contribution in [-0.4, -0.2) is 25.0 Å². The van der Waals surface area contributed by atoms with Gasteiger partial charge in [0, 0.05) is 19.5 Å². The van der Waals surface area contributed by atoms with Gasteiger partial charge in [0.15, 0.2) is 0 Å². The van der Waals surface area contributed by atoms with E-state index in [-0.39, 0.29) is 12.2 Å². The number of carboxylic acids is 1. The van der Waals surface area contributed by atoms with Gasteiger partial charge in [-0.2, -0.15) is 0 Å². The van der Waals surface area contributed by atoms with Crippen molar-refractivity contribution in [1.29, 1.82) is 0 Å². The summed E-state index contributed by atoms with van der Waals surface area (Å²) in [7, 11) is 1.82. The lowest BCUT2D eigenvalue weighted by Crippen LogP contribution is -2.02. The van der Waals surface area contributed by atoms with Gasteiger partial charge in [0.2, 0.25) is 5.78 Å². The van der Waals surface area contributed by atoms with Crippen LogP contribution in [0.5, 0.6) is 0 Å². The summed E-state index contributed by atoms with van der Waals surface area (Å²) in [5.41, 5.74) is 2.17. The Morgan fingerprint density at radius 3 is 2.95 bits per heavy atom. The summed E-state index contributed by atoms with van der Waals surface area (Å²) in [6, 6.07) is 4.41. The normalized spacial score (nSPS) is 11.6. The quantitative estimate of drug-likeness (QED) is 0.798. The molecule has 0 spiro atoms. The fraction of sp³-hybridized carbons (Fsp3) is 0.231. The van der Waals surface area contributed by atoms with Gasteiger partial charge in [-0.25, -0.2) is 9.37 Å². The van der Waals surface area contributed by atoms with Crippen molar-refractivity contribution in [1.82, 2.24) is 14.0 Å². The Bertz CT molecular complexity index is 837. The zero-order chi connectivity index (χ0) is 14.4. The number of aliphatic carboxylic acids is 1. The van der Waals surface area contributed by atoms with Gasteiger partial charge in [-0.15, -0.1) is 0 Å². The van der Waals surface area contributed by atoms with Crippen LogP contribution in [0.2, 0.25) is 0 Å². The third-order valence-electron chi connectivity index (χ3n) is 3.31. The molecule has 3 rings (SSSR count). The van der Waals surface area contributed by atoms with Crippen molar-refractivity contribution in [3.8, 4) is 0 Å². The van der Waals surface area contributed by atoms with E-state index in [4.69, 9.17) is 5.11 Å². The molecule has 0 fully saturated rings. The molecule has 0 aliphatic heterocycles. The zero-order valence-electron chi connectivity index (χ0n) is 10.6. The van der Waals surface area contributed by atoms with Gasteiger partial charge >= 0.3 is 5.97 Å². The molecule has 5 nitrogen and oxygen atoms in total. The van der Waals surface area contributed by atoms with Crippen molar-refractivity contribution in [2.24, 2.45) is 7.05 Å². The zero-order valence-corrected chi connectivity index (χ0v) is 12.2. The van der Waals surface area contributed by atoms with E-state index in [9.17, 15) is 9.18 Å². The first-order chi connectivity index (χ1) is 9.49. The highest BCUT2D eigenvalue weighted by Gasteiger charge is 2.18. The van der Waals surface area contributed by atoms with Crippen LogP contribution in [0.25, 0.3) is 16.8 Å². The lowest BCUT2D eigenvalue weighted by Gasteiger charge is -2.01. The van der Waals surface area contributed by atoms with Crippen LogP contribution in [0.1, 0.15) is 12.1 Å². The van der Waals surface area contributed by atoms with Gasteiger partial charge in [-0.1, -0.05) is 0 Å². The Balaban J connectivity index is 2.24. The molecular formula is C13H11BrFN3O2. The number of imidazole rings is 2. The molecule has 0 amide bonds. The second-order valence-corrected chi connectivity index (χ2v) is 5.32. The molecule has 0 saturated heterocycles. The number of carboxylic acid groups (broad SMARTS) is 1. The average molecular weight is 340 g/mol. The van der Waals surface area contributed by atoms with Crippen LogP contribution < -0.4 is 0 Å². The summed E-state index contributed by atoms with van der Waals surface area (Å²) in [5.74, 6) is -0.536. The molecule has 0 bridgehead atoms. The summed E-state index contributed by atoms with van der Waals surface area (Å²) < 4.78 is 17.7. The monoisotopic (exact) mass is 339 g/mol. The number of halogens is 2. The first-order valence-electron chi connectivity index (χ1n) is 6.01.